The van der Waals surface area contributed by atoms with Crippen LogP contribution < -0.4 is 11.1 Å². The number of hydrogen-bond donors (Lipinski definition) is 2. The van der Waals surface area contributed by atoms with Crippen molar-refractivity contribution >= 4 is 11.3 Å². The lowest BCUT2D eigenvalue weighted by Crippen LogP contribution is -2.29. The number of nitrogens with one attached hydrogen (secondary N) is 1. The zero-order valence-electron chi connectivity index (χ0n) is 10.6. The minimum absolute atomic E-state index is 0.448. The SMILES string of the molecule is Cc1cc2c(NC3CCCC3CN)nccn2n1. The molecule has 0 aliphatic heterocycles. The number of rotatable bonds is 3. The van der Waals surface area contributed by atoms with Gasteiger partial charge in [0.2, 0.25) is 0 Å². The van der Waals surface area contributed by atoms with E-state index in [0.717, 1.165) is 23.6 Å². The predicted octanol–water partition coefficient (Wildman–Crippen LogP) is 1.58. The maximum atomic E-state index is 5.82. The molecule has 5 heteroatoms. The van der Waals surface area contributed by atoms with E-state index in [4.69, 9.17) is 5.73 Å². The molecule has 0 bridgehead atoms. The third-order valence-corrected chi connectivity index (χ3v) is 3.80. The molecule has 0 spiro atoms. The van der Waals surface area contributed by atoms with E-state index in [9.17, 15) is 0 Å². The fourth-order valence-electron chi connectivity index (χ4n) is 2.84. The van der Waals surface area contributed by atoms with Gasteiger partial charge in [-0.3, -0.25) is 0 Å². The Morgan fingerprint density at radius 2 is 2.39 bits per heavy atom. The molecule has 0 aromatic carbocycles. The Hall–Kier alpha value is -1.62. The Morgan fingerprint density at radius 3 is 3.22 bits per heavy atom. The lowest BCUT2D eigenvalue weighted by Gasteiger charge is -2.20. The zero-order chi connectivity index (χ0) is 12.5. The van der Waals surface area contributed by atoms with Crippen LogP contribution in [0.15, 0.2) is 18.5 Å². The number of nitrogens with zero attached hydrogens (tertiary/aromatic N) is 3. The van der Waals surface area contributed by atoms with E-state index in [-0.39, 0.29) is 0 Å². The van der Waals surface area contributed by atoms with E-state index < -0.39 is 0 Å². The van der Waals surface area contributed by atoms with Crippen molar-refractivity contribution < 1.29 is 0 Å². The minimum atomic E-state index is 0.448. The van der Waals surface area contributed by atoms with Crippen molar-refractivity contribution in [1.82, 2.24) is 14.6 Å². The van der Waals surface area contributed by atoms with Gasteiger partial charge in [-0.25, -0.2) is 9.50 Å². The maximum Gasteiger partial charge on any atom is 0.152 e. The summed E-state index contributed by atoms with van der Waals surface area (Å²) in [7, 11) is 0. The van der Waals surface area contributed by atoms with Crippen LogP contribution in [0.25, 0.3) is 5.52 Å². The minimum Gasteiger partial charge on any atom is -0.365 e. The molecule has 2 atom stereocenters. The van der Waals surface area contributed by atoms with E-state index in [2.05, 4.69) is 21.5 Å². The first-order valence-corrected chi connectivity index (χ1v) is 6.55. The van der Waals surface area contributed by atoms with Crippen molar-refractivity contribution in [3.63, 3.8) is 0 Å². The third kappa shape index (κ3) is 1.95. The topological polar surface area (TPSA) is 68.2 Å². The molecule has 1 aliphatic rings. The second kappa shape index (κ2) is 4.57. The first-order valence-electron chi connectivity index (χ1n) is 6.55. The van der Waals surface area contributed by atoms with Gasteiger partial charge in [-0.2, -0.15) is 5.10 Å². The summed E-state index contributed by atoms with van der Waals surface area (Å²) in [5, 5.41) is 7.95. The van der Waals surface area contributed by atoms with Gasteiger partial charge in [0, 0.05) is 18.4 Å². The Balaban J connectivity index is 1.90. The molecular formula is C13H19N5. The largest absolute Gasteiger partial charge is 0.365 e. The molecule has 0 saturated heterocycles. The number of nitrogens with two attached hydrogens (primary N) is 1. The molecule has 0 amide bonds. The number of aromatic nitrogens is 3. The summed E-state index contributed by atoms with van der Waals surface area (Å²) in [6, 6.07) is 2.51. The standard InChI is InChI=1S/C13H19N5/c1-9-7-12-13(15-5-6-18(12)17-9)16-11-4-2-3-10(11)8-14/h5-7,10-11H,2-4,8,14H2,1H3,(H,15,16). The lowest BCUT2D eigenvalue weighted by atomic mass is 10.0. The Kier molecular flexibility index (Phi) is 2.91. The smallest absolute Gasteiger partial charge is 0.152 e. The summed E-state index contributed by atoms with van der Waals surface area (Å²) in [6.45, 7) is 2.74. The van der Waals surface area contributed by atoms with Gasteiger partial charge in [-0.15, -0.1) is 0 Å². The second-order valence-electron chi connectivity index (χ2n) is 5.07. The molecule has 1 fully saturated rings. The maximum absolute atomic E-state index is 5.82. The quantitative estimate of drug-likeness (QED) is 0.861. The number of hydrogen-bond acceptors (Lipinski definition) is 4. The Bertz CT molecular complexity index is 547. The molecule has 2 unspecified atom stereocenters. The first-order chi connectivity index (χ1) is 8.78. The van der Waals surface area contributed by atoms with Gasteiger partial charge in [-0.05, 0) is 38.3 Å². The molecule has 2 aromatic rings. The van der Waals surface area contributed by atoms with Gasteiger partial charge in [0.25, 0.3) is 0 Å². The van der Waals surface area contributed by atoms with E-state index in [1.165, 1.54) is 19.3 Å². The summed E-state index contributed by atoms with van der Waals surface area (Å²) >= 11 is 0. The second-order valence-corrected chi connectivity index (χ2v) is 5.07. The molecule has 1 aliphatic carbocycles. The van der Waals surface area contributed by atoms with Crippen LogP contribution in [0.5, 0.6) is 0 Å². The van der Waals surface area contributed by atoms with E-state index in [1.54, 1.807) is 6.20 Å². The van der Waals surface area contributed by atoms with Gasteiger partial charge < -0.3 is 11.1 Å². The molecule has 1 saturated carbocycles. The fraction of sp³-hybridized carbons (Fsp3) is 0.538. The van der Waals surface area contributed by atoms with Crippen LogP contribution in [-0.2, 0) is 0 Å². The summed E-state index contributed by atoms with van der Waals surface area (Å²) in [5.74, 6) is 1.49. The zero-order valence-corrected chi connectivity index (χ0v) is 10.6. The van der Waals surface area contributed by atoms with Crippen molar-refractivity contribution in [3.8, 4) is 0 Å². The molecule has 2 heterocycles. The van der Waals surface area contributed by atoms with Gasteiger partial charge in [-0.1, -0.05) is 6.42 Å². The summed E-state index contributed by atoms with van der Waals surface area (Å²) < 4.78 is 1.87. The highest BCUT2D eigenvalue weighted by atomic mass is 15.2. The van der Waals surface area contributed by atoms with Gasteiger partial charge in [0.1, 0.15) is 5.52 Å². The van der Waals surface area contributed by atoms with Crippen LogP contribution in [0.4, 0.5) is 5.82 Å². The van der Waals surface area contributed by atoms with Crippen molar-refractivity contribution in [2.75, 3.05) is 11.9 Å². The fourth-order valence-corrected chi connectivity index (χ4v) is 2.84. The summed E-state index contributed by atoms with van der Waals surface area (Å²) in [4.78, 5) is 4.44. The highest BCUT2D eigenvalue weighted by molar-refractivity contribution is 5.68. The molecule has 3 N–H and O–H groups in total. The molecule has 0 radical (unpaired) electrons. The van der Waals surface area contributed by atoms with Gasteiger partial charge >= 0.3 is 0 Å². The van der Waals surface area contributed by atoms with E-state index in [0.29, 0.717) is 12.0 Å². The lowest BCUT2D eigenvalue weighted by molar-refractivity contribution is 0.515. The normalized spacial score (nSPS) is 23.7. The number of aryl methyl sites for hydroxylation is 1. The molecular weight excluding hydrogens is 226 g/mol. The third-order valence-electron chi connectivity index (χ3n) is 3.80. The molecule has 2 aromatic heterocycles. The van der Waals surface area contributed by atoms with Crippen LogP contribution in [0, 0.1) is 12.8 Å². The molecule has 3 rings (SSSR count). The number of fused-ring (bicyclic) bond motifs is 1. The van der Waals surface area contributed by atoms with E-state index >= 15 is 0 Å². The molecule has 5 nitrogen and oxygen atoms in total. The van der Waals surface area contributed by atoms with Gasteiger partial charge in [0.15, 0.2) is 5.82 Å². The average molecular weight is 245 g/mol. The van der Waals surface area contributed by atoms with Crippen LogP contribution in [-0.4, -0.2) is 27.2 Å². The highest BCUT2D eigenvalue weighted by Gasteiger charge is 2.26. The monoisotopic (exact) mass is 245 g/mol. The highest BCUT2D eigenvalue weighted by Crippen LogP contribution is 2.28. The predicted molar refractivity (Wildman–Crippen MR) is 71.5 cm³/mol. The van der Waals surface area contributed by atoms with Crippen molar-refractivity contribution in [1.29, 1.82) is 0 Å². The van der Waals surface area contributed by atoms with Crippen molar-refractivity contribution in [2.24, 2.45) is 11.7 Å². The number of anilines is 1. The van der Waals surface area contributed by atoms with E-state index in [1.807, 2.05) is 17.6 Å². The summed E-state index contributed by atoms with van der Waals surface area (Å²) in [6.07, 6.45) is 7.31. The first kappa shape index (κ1) is 11.5. The molecule has 96 valence electrons. The Morgan fingerprint density at radius 1 is 1.50 bits per heavy atom. The van der Waals surface area contributed by atoms with Crippen LogP contribution in [0.1, 0.15) is 25.0 Å². The Labute approximate surface area is 106 Å². The van der Waals surface area contributed by atoms with Gasteiger partial charge in [0.05, 0.1) is 5.69 Å². The molecule has 18 heavy (non-hydrogen) atoms. The van der Waals surface area contributed by atoms with Crippen LogP contribution >= 0.6 is 0 Å². The average Bonchev–Trinajstić information content (AvgIpc) is 2.94. The van der Waals surface area contributed by atoms with Crippen molar-refractivity contribution in [3.05, 3.63) is 24.2 Å². The summed E-state index contributed by atoms with van der Waals surface area (Å²) in [5.41, 5.74) is 7.86. The van der Waals surface area contributed by atoms with Crippen molar-refractivity contribution in [2.45, 2.75) is 32.2 Å². The van der Waals surface area contributed by atoms with Crippen LogP contribution in [0.3, 0.4) is 0 Å². The van der Waals surface area contributed by atoms with Crippen LogP contribution in [0.2, 0.25) is 0 Å².